The number of anilines is 2. The largest absolute Gasteiger partial charge is 2.00 e. The van der Waals surface area contributed by atoms with E-state index in [9.17, 15) is 0 Å². The Kier molecular flexibility index (Phi) is 46.3. The third-order valence-corrected chi connectivity index (χ3v) is 14.8. The monoisotopic (exact) mass is 1560 g/mol. The van der Waals surface area contributed by atoms with Gasteiger partial charge in [-0.05, 0) is 163 Å². The maximum absolute atomic E-state index is 8.68. The van der Waals surface area contributed by atoms with Crippen molar-refractivity contribution in [2.75, 3.05) is 18.1 Å². The van der Waals surface area contributed by atoms with Gasteiger partial charge in [-0.25, -0.2) is 9.97 Å². The molecule has 12 rings (SSSR count). The minimum Gasteiger partial charge on any atom is -1.00 e. The van der Waals surface area contributed by atoms with Crippen molar-refractivity contribution in [3.05, 3.63) is 85.4 Å². The van der Waals surface area contributed by atoms with Crippen molar-refractivity contribution in [1.29, 1.82) is 0 Å². The molecule has 0 saturated heterocycles. The molecule has 0 spiro atoms. The first kappa shape index (κ1) is 83.9. The van der Waals surface area contributed by atoms with Crippen LogP contribution in [0.4, 0.5) is 11.6 Å². The molecule has 6 aromatic rings. The van der Waals surface area contributed by atoms with E-state index in [-0.39, 0.29) is 114 Å². The normalized spacial score (nSPS) is 14.4. The van der Waals surface area contributed by atoms with E-state index in [1.165, 1.54) is 49.5 Å². The summed E-state index contributed by atoms with van der Waals surface area (Å²) in [5.74, 6) is 1.35. The summed E-state index contributed by atoms with van der Waals surface area (Å²) in [6.07, 6.45) is 23.7. The van der Waals surface area contributed by atoms with Gasteiger partial charge in [0.2, 0.25) is 0 Å². The second-order valence-corrected chi connectivity index (χ2v) is 21.8. The quantitative estimate of drug-likeness (QED) is 0.0656. The van der Waals surface area contributed by atoms with Crippen LogP contribution < -0.4 is 73.1 Å². The Labute approximate surface area is 582 Å². The summed E-state index contributed by atoms with van der Waals surface area (Å²) in [6, 6.07) is 5.84. The van der Waals surface area contributed by atoms with Crippen LogP contribution >= 0.6 is 95.6 Å². The molecule has 36 heteroatoms. The standard InChI is InChI=1S/C11H13N5.C6H7BrN2.C5H8BN3O2.C5H5Br2N3.C5H6BrN3.C3H7BO2.C3H2Br2N2.2C3H7.3ClH.Li.2Mg/c1-7-9(4-5-13-11(7)12)10-6-14-16(15-10)8-2-3-8;1-4-5(7)2-3-9-6(4)8;10-6(11)5-3-7-9(8-5)4-1-2-4;6-4-5(7)9-10(8-4)3-1-2-3;6-5-3-7-9(8-5)4-1-2-4;5-4(6)3-1-2-3;4-2-3(5)7-1-6-2;2*1-3-2;;;;;;/h4-6,8H,2-3H2,1H3,(H2,12,13);2-3H,1H3,(H2,8,9);3-4,10-11H,1-2H2;3H,1-2H2;3-4H,1-2H2;3,5-6H,1-2H2;1H2;2*3H,1-2H3;3*1H;;;/q;;;;;;;2*-1;;;;+1;2*+2/p-3. The molecule has 7 heterocycles. The van der Waals surface area contributed by atoms with E-state index in [0.29, 0.717) is 42.5 Å². The first-order chi connectivity index (χ1) is 35.3. The fraction of sp³-hybridized carbons (Fsp3) is 0.500. The molecule has 0 bridgehead atoms. The Morgan fingerprint density at radius 1 is 0.550 bits per heavy atom. The van der Waals surface area contributed by atoms with Crippen LogP contribution in [0.3, 0.4) is 0 Å². The number of nitrogens with zero attached hydrogens (tertiary/aromatic N) is 16. The van der Waals surface area contributed by atoms with Gasteiger partial charge in [-0.2, -0.15) is 72.4 Å². The van der Waals surface area contributed by atoms with Crippen molar-refractivity contribution in [3.63, 3.8) is 0 Å². The van der Waals surface area contributed by atoms with E-state index in [4.69, 9.17) is 31.6 Å². The molecule has 22 nitrogen and oxygen atoms in total. The minimum atomic E-state index is -1.50. The Morgan fingerprint density at radius 3 is 1.29 bits per heavy atom. The van der Waals surface area contributed by atoms with Crippen molar-refractivity contribution in [2.24, 2.45) is 9.98 Å². The smallest absolute Gasteiger partial charge is 1.00 e. The molecule has 6 aromatic heterocycles. The van der Waals surface area contributed by atoms with E-state index in [1.54, 1.807) is 39.2 Å². The van der Waals surface area contributed by atoms with Crippen molar-refractivity contribution in [2.45, 2.75) is 136 Å². The van der Waals surface area contributed by atoms with Gasteiger partial charge in [0.1, 0.15) is 43.4 Å². The van der Waals surface area contributed by atoms with Gasteiger partial charge < -0.3 is 81.6 Å². The molecule has 0 aromatic carbocycles. The van der Waals surface area contributed by atoms with Crippen LogP contribution in [0.1, 0.15) is 127 Å². The van der Waals surface area contributed by atoms with Crippen LogP contribution in [-0.2, 0) is 0 Å². The maximum atomic E-state index is 8.68. The first-order valence-electron chi connectivity index (χ1n) is 23.7. The van der Waals surface area contributed by atoms with Crippen LogP contribution in [0.25, 0.3) is 11.3 Å². The number of hydrogen-bond donors (Lipinski definition) is 6. The van der Waals surface area contributed by atoms with Crippen LogP contribution in [0.15, 0.2) is 71.4 Å². The molecule has 5 aliphatic carbocycles. The number of aromatic nitrogens is 14. The molecule has 1 aliphatic heterocycles. The Balaban J connectivity index is -0.000000854. The zero-order chi connectivity index (χ0) is 54.5. The second kappa shape index (κ2) is 44.1. The number of halogens is 9. The third-order valence-electron chi connectivity index (χ3n) is 10.2. The van der Waals surface area contributed by atoms with Crippen molar-refractivity contribution in [3.8, 4) is 11.3 Å². The van der Waals surface area contributed by atoms with Crippen LogP contribution in [-0.4, -0.2) is 166 Å². The van der Waals surface area contributed by atoms with Gasteiger partial charge in [0.15, 0.2) is 9.21 Å². The van der Waals surface area contributed by atoms with Gasteiger partial charge in [-0.15, -0.1) is 15.3 Å². The molecule has 0 atom stereocenters. The van der Waals surface area contributed by atoms with Crippen LogP contribution in [0, 0.1) is 26.7 Å². The topological polar surface area (TPSA) is 306 Å². The van der Waals surface area contributed by atoms with Gasteiger partial charge in [0.05, 0.1) is 42.8 Å². The fourth-order valence-corrected chi connectivity index (χ4v) is 6.83. The van der Waals surface area contributed by atoms with E-state index in [1.807, 2.05) is 66.5 Å². The van der Waals surface area contributed by atoms with E-state index in [2.05, 4.69) is 156 Å². The van der Waals surface area contributed by atoms with Crippen LogP contribution in [0.5, 0.6) is 0 Å². The van der Waals surface area contributed by atoms with E-state index < -0.39 is 14.2 Å². The predicted molar refractivity (Wildman–Crippen MR) is 323 cm³/mol. The molecule has 5 saturated carbocycles. The molecular weight excluding hydrogens is 1510 g/mol. The Hall–Kier alpha value is -0.350. The SMILES string of the molecule is BrC1=NCN=C1Br.Brc1cnn(C2CC2)n1.Brc1nn(C2CC2)nc1Br.C[CH-]C.C[CH-]C.Cc1c(-c2cnn(C3CC3)n2)ccnc1N.Cc1c(Br)ccnc1N.OB(O)C1CC1.OB(O)c1cnn(C2CC2)n1.[Cl-].[Cl-].[Cl-].[Li+].[Mg+2].[Mg+2]. The number of rotatable bonds is 7. The fourth-order valence-electron chi connectivity index (χ4n) is 5.30. The van der Waals surface area contributed by atoms with E-state index in [0.717, 1.165) is 75.6 Å². The summed E-state index contributed by atoms with van der Waals surface area (Å²) in [7, 11) is -2.53. The number of nitrogen functional groups attached to an aromatic ring is 2. The van der Waals surface area contributed by atoms with Gasteiger partial charge in [0, 0.05) is 33.6 Å². The Bertz CT molecular complexity index is 2630. The minimum absolute atomic E-state index is 0. The summed E-state index contributed by atoms with van der Waals surface area (Å²) in [5.41, 5.74) is 15.3. The van der Waals surface area contributed by atoms with Gasteiger partial charge >= 0.3 is 79.2 Å². The molecule has 5 fully saturated rings. The number of aliphatic imine (C=N–C) groups is 2. The zero-order valence-electron chi connectivity index (χ0n) is 45.4. The summed E-state index contributed by atoms with van der Waals surface area (Å²) >= 11 is 19.5. The zero-order valence-corrected chi connectivity index (χ0v) is 60.0. The average molecular weight is 1570 g/mol. The molecule has 426 valence electrons. The predicted octanol–water partition coefficient (Wildman–Crippen LogP) is -4.01. The molecule has 0 radical (unpaired) electrons. The van der Waals surface area contributed by atoms with Gasteiger partial charge in [0.25, 0.3) is 0 Å². The molecule has 0 amide bonds. The molecular formula is C44H62B2Br6Cl3LiMg2N18O4. The average Bonchev–Trinajstić information content (AvgIpc) is 4.12. The van der Waals surface area contributed by atoms with Crippen molar-refractivity contribution < 1.29 is 76.2 Å². The number of pyridine rings is 2. The third kappa shape index (κ3) is 31.9. The molecule has 80 heavy (non-hydrogen) atoms. The summed E-state index contributed by atoms with van der Waals surface area (Å²) in [5, 5.41) is 66.8. The summed E-state index contributed by atoms with van der Waals surface area (Å²) in [4.78, 5) is 22.6. The number of hydrogen-bond acceptors (Lipinski definition) is 18. The summed E-state index contributed by atoms with van der Waals surface area (Å²) in [6.45, 7) is 12.4. The molecule has 0 unspecified atom stereocenters. The maximum Gasteiger partial charge on any atom is 2.00 e. The van der Waals surface area contributed by atoms with Gasteiger partial charge in [-0.3, -0.25) is 9.98 Å². The van der Waals surface area contributed by atoms with Gasteiger partial charge in [-0.1, -0.05) is 28.8 Å². The van der Waals surface area contributed by atoms with Crippen molar-refractivity contribution >= 4 is 182 Å². The summed E-state index contributed by atoms with van der Waals surface area (Å²) < 4.78 is 5.04. The number of nitrogens with two attached hydrogens (primary N) is 2. The second-order valence-electron chi connectivity index (χ2n) is 17.1. The molecule has 8 N–H and O–H groups in total. The molecule has 6 aliphatic rings. The Morgan fingerprint density at radius 2 is 0.950 bits per heavy atom. The van der Waals surface area contributed by atoms with E-state index >= 15 is 0 Å². The first-order valence-corrected chi connectivity index (χ1v) is 28.4. The van der Waals surface area contributed by atoms with Crippen molar-refractivity contribution in [1.82, 2.24) is 69.9 Å². The van der Waals surface area contributed by atoms with Crippen LogP contribution in [0.2, 0.25) is 5.82 Å².